The van der Waals surface area contributed by atoms with E-state index in [-0.39, 0.29) is 17.3 Å². The zero-order chi connectivity index (χ0) is 19.7. The van der Waals surface area contributed by atoms with E-state index in [2.05, 4.69) is 15.1 Å². The number of carbonyl (C=O) groups excluding carboxylic acids is 1. The van der Waals surface area contributed by atoms with Crippen molar-refractivity contribution in [1.82, 2.24) is 15.1 Å². The monoisotopic (exact) mass is 401 g/mol. The Bertz CT molecular complexity index is 1010. The van der Waals surface area contributed by atoms with Gasteiger partial charge in [-0.15, -0.1) is 0 Å². The van der Waals surface area contributed by atoms with Crippen LogP contribution in [0, 0.1) is 5.82 Å². The molecular formula is C19H17ClFN5O2. The van der Waals surface area contributed by atoms with Gasteiger partial charge in [0.15, 0.2) is 0 Å². The Morgan fingerprint density at radius 2 is 2.11 bits per heavy atom. The second kappa shape index (κ2) is 7.55. The highest BCUT2D eigenvalue weighted by Gasteiger charge is 2.28. The van der Waals surface area contributed by atoms with Crippen LogP contribution in [0.25, 0.3) is 11.4 Å². The van der Waals surface area contributed by atoms with Crippen molar-refractivity contribution in [2.45, 2.75) is 18.8 Å². The standard InChI is InChI=1S/C19H17ClFN5O2/c20-15-8-13(16(22)27)9-23-18(15)26-7-1-2-12(10-26)19-24-17(25-28-19)11-3-5-14(21)6-4-11/h3-6,8-9,12H,1-2,7,10H2,(H2,22,27). The molecule has 2 aromatic heterocycles. The number of carbonyl (C=O) groups is 1. The summed E-state index contributed by atoms with van der Waals surface area (Å²) < 4.78 is 18.6. The fourth-order valence-corrected chi connectivity index (χ4v) is 3.57. The first-order valence-electron chi connectivity index (χ1n) is 8.81. The van der Waals surface area contributed by atoms with Crippen LogP contribution in [-0.4, -0.2) is 34.1 Å². The van der Waals surface area contributed by atoms with E-state index in [1.54, 1.807) is 12.1 Å². The second-order valence-corrected chi connectivity index (χ2v) is 7.05. The average Bonchev–Trinajstić information content (AvgIpc) is 3.19. The lowest BCUT2D eigenvalue weighted by Crippen LogP contribution is -2.35. The largest absolute Gasteiger partial charge is 0.366 e. The summed E-state index contributed by atoms with van der Waals surface area (Å²) in [7, 11) is 0. The Morgan fingerprint density at radius 3 is 2.82 bits per heavy atom. The Kier molecular flexibility index (Phi) is 4.95. The molecule has 1 amide bonds. The number of aromatic nitrogens is 3. The van der Waals surface area contributed by atoms with Crippen molar-refractivity contribution in [2.24, 2.45) is 5.73 Å². The highest BCUT2D eigenvalue weighted by molar-refractivity contribution is 6.33. The topological polar surface area (TPSA) is 98.1 Å². The smallest absolute Gasteiger partial charge is 0.250 e. The molecule has 144 valence electrons. The summed E-state index contributed by atoms with van der Waals surface area (Å²) in [6.45, 7) is 1.38. The number of piperidine rings is 1. The minimum Gasteiger partial charge on any atom is -0.366 e. The fourth-order valence-electron chi connectivity index (χ4n) is 3.29. The molecule has 2 N–H and O–H groups in total. The minimum absolute atomic E-state index is 0.0177. The maximum Gasteiger partial charge on any atom is 0.250 e. The molecule has 7 nitrogen and oxygen atoms in total. The summed E-state index contributed by atoms with van der Waals surface area (Å²) in [5.74, 6) is 0.667. The highest BCUT2D eigenvalue weighted by Crippen LogP contribution is 2.32. The summed E-state index contributed by atoms with van der Waals surface area (Å²) >= 11 is 6.30. The van der Waals surface area contributed by atoms with Crippen molar-refractivity contribution in [3.63, 3.8) is 0 Å². The molecule has 0 radical (unpaired) electrons. The van der Waals surface area contributed by atoms with Gasteiger partial charge in [-0.1, -0.05) is 16.8 Å². The zero-order valence-electron chi connectivity index (χ0n) is 14.8. The van der Waals surface area contributed by atoms with Gasteiger partial charge in [-0.2, -0.15) is 4.98 Å². The first kappa shape index (κ1) is 18.4. The summed E-state index contributed by atoms with van der Waals surface area (Å²) in [6.07, 6.45) is 3.21. The Hall–Kier alpha value is -3.00. The number of benzene rings is 1. The summed E-state index contributed by atoms with van der Waals surface area (Å²) in [5.41, 5.74) is 6.23. The van der Waals surface area contributed by atoms with Crippen LogP contribution in [-0.2, 0) is 0 Å². The van der Waals surface area contributed by atoms with Crippen LogP contribution in [0.5, 0.6) is 0 Å². The Morgan fingerprint density at radius 1 is 1.32 bits per heavy atom. The molecule has 0 saturated carbocycles. The predicted octanol–water partition coefficient (Wildman–Crippen LogP) is 3.41. The van der Waals surface area contributed by atoms with Gasteiger partial charge in [-0.05, 0) is 43.2 Å². The number of hydrogen-bond donors (Lipinski definition) is 1. The average molecular weight is 402 g/mol. The summed E-state index contributed by atoms with van der Waals surface area (Å²) in [5, 5.41) is 4.39. The molecule has 4 rings (SSSR count). The second-order valence-electron chi connectivity index (χ2n) is 6.64. The van der Waals surface area contributed by atoms with Crippen LogP contribution in [0.1, 0.15) is 35.0 Å². The maximum absolute atomic E-state index is 13.1. The van der Waals surface area contributed by atoms with Crippen LogP contribution in [0.3, 0.4) is 0 Å². The van der Waals surface area contributed by atoms with E-state index in [1.165, 1.54) is 24.4 Å². The van der Waals surface area contributed by atoms with Gasteiger partial charge in [0.1, 0.15) is 11.6 Å². The quantitative estimate of drug-likeness (QED) is 0.719. The number of rotatable bonds is 4. The SMILES string of the molecule is NC(=O)c1cnc(N2CCCC(c3nc(-c4ccc(F)cc4)no3)C2)c(Cl)c1. The Balaban J connectivity index is 1.53. The van der Waals surface area contributed by atoms with Gasteiger partial charge in [0.05, 0.1) is 16.5 Å². The van der Waals surface area contributed by atoms with Crippen LogP contribution < -0.4 is 10.6 Å². The van der Waals surface area contributed by atoms with E-state index in [4.69, 9.17) is 21.9 Å². The number of pyridine rings is 1. The van der Waals surface area contributed by atoms with Gasteiger partial charge < -0.3 is 15.2 Å². The normalized spacial score (nSPS) is 16.9. The molecule has 1 atom stereocenters. The molecule has 9 heteroatoms. The van der Waals surface area contributed by atoms with Gasteiger partial charge in [0.25, 0.3) is 0 Å². The van der Waals surface area contributed by atoms with Gasteiger partial charge in [-0.3, -0.25) is 4.79 Å². The van der Waals surface area contributed by atoms with Crippen molar-refractivity contribution in [1.29, 1.82) is 0 Å². The number of anilines is 1. The predicted molar refractivity (Wildman–Crippen MR) is 102 cm³/mol. The van der Waals surface area contributed by atoms with E-state index >= 15 is 0 Å². The highest BCUT2D eigenvalue weighted by atomic mass is 35.5. The van der Waals surface area contributed by atoms with Crippen LogP contribution in [0.2, 0.25) is 5.02 Å². The van der Waals surface area contributed by atoms with Crippen molar-refractivity contribution in [2.75, 3.05) is 18.0 Å². The Labute approximate surface area is 165 Å². The van der Waals surface area contributed by atoms with Crippen molar-refractivity contribution >= 4 is 23.3 Å². The maximum atomic E-state index is 13.1. The number of nitrogens with zero attached hydrogens (tertiary/aromatic N) is 4. The van der Waals surface area contributed by atoms with Gasteiger partial charge in [0, 0.05) is 24.8 Å². The van der Waals surface area contributed by atoms with Gasteiger partial charge in [0.2, 0.25) is 17.6 Å². The molecule has 1 aliphatic rings. The van der Waals surface area contributed by atoms with E-state index < -0.39 is 5.91 Å². The van der Waals surface area contributed by atoms with E-state index in [1.807, 2.05) is 4.90 Å². The number of halogens is 2. The molecule has 0 aliphatic carbocycles. The number of hydrogen-bond acceptors (Lipinski definition) is 6. The lowest BCUT2D eigenvalue weighted by atomic mass is 9.98. The van der Waals surface area contributed by atoms with E-state index in [9.17, 15) is 9.18 Å². The third-order valence-corrected chi connectivity index (χ3v) is 5.00. The molecule has 3 heterocycles. The van der Waals surface area contributed by atoms with Crippen molar-refractivity contribution < 1.29 is 13.7 Å². The van der Waals surface area contributed by atoms with Crippen LogP contribution in [0.4, 0.5) is 10.2 Å². The molecule has 1 unspecified atom stereocenters. The number of primary amides is 1. The van der Waals surface area contributed by atoms with Gasteiger partial charge >= 0.3 is 0 Å². The van der Waals surface area contributed by atoms with Crippen LogP contribution in [0.15, 0.2) is 41.1 Å². The molecule has 28 heavy (non-hydrogen) atoms. The third kappa shape index (κ3) is 3.68. The van der Waals surface area contributed by atoms with E-state index in [0.717, 1.165) is 19.4 Å². The van der Waals surface area contributed by atoms with Crippen LogP contribution >= 0.6 is 11.6 Å². The third-order valence-electron chi connectivity index (χ3n) is 4.72. The lowest BCUT2D eigenvalue weighted by Gasteiger charge is -2.32. The minimum atomic E-state index is -0.573. The summed E-state index contributed by atoms with van der Waals surface area (Å²) in [6, 6.07) is 7.46. The molecular weight excluding hydrogens is 385 g/mol. The molecule has 1 saturated heterocycles. The number of nitrogens with two attached hydrogens (primary N) is 1. The molecule has 1 fully saturated rings. The molecule has 0 bridgehead atoms. The lowest BCUT2D eigenvalue weighted by molar-refractivity contribution is 0.1000. The van der Waals surface area contributed by atoms with Crippen molar-refractivity contribution in [3.05, 3.63) is 58.8 Å². The molecule has 1 aliphatic heterocycles. The zero-order valence-corrected chi connectivity index (χ0v) is 15.6. The summed E-state index contributed by atoms with van der Waals surface area (Å²) in [4.78, 5) is 22.1. The molecule has 3 aromatic rings. The fraction of sp³-hybridized carbons (Fsp3) is 0.263. The van der Waals surface area contributed by atoms with E-state index in [0.29, 0.717) is 34.7 Å². The van der Waals surface area contributed by atoms with Crippen molar-refractivity contribution in [3.8, 4) is 11.4 Å². The van der Waals surface area contributed by atoms with Gasteiger partial charge in [-0.25, -0.2) is 9.37 Å². The first-order valence-corrected chi connectivity index (χ1v) is 9.19. The number of amides is 1. The first-order chi connectivity index (χ1) is 13.5. The molecule has 1 aromatic carbocycles. The molecule has 0 spiro atoms.